The van der Waals surface area contributed by atoms with Crippen molar-refractivity contribution in [2.24, 2.45) is 0 Å². The van der Waals surface area contributed by atoms with Crippen molar-refractivity contribution in [3.63, 3.8) is 0 Å². The molecule has 33 heavy (non-hydrogen) atoms. The Hall–Kier alpha value is -2.53. The van der Waals surface area contributed by atoms with Gasteiger partial charge in [-0.05, 0) is 58.2 Å². The van der Waals surface area contributed by atoms with Crippen LogP contribution < -0.4 is 0 Å². The number of halogens is 1. The minimum Gasteiger partial charge on any atom is -0.444 e. The Labute approximate surface area is 193 Å². The van der Waals surface area contributed by atoms with E-state index in [0.717, 1.165) is 25.2 Å². The Morgan fingerprint density at radius 2 is 1.97 bits per heavy atom. The minimum atomic E-state index is -3.65. The summed E-state index contributed by atoms with van der Waals surface area (Å²) >= 11 is 0. The van der Waals surface area contributed by atoms with Gasteiger partial charge in [0.2, 0.25) is 11.7 Å². The van der Waals surface area contributed by atoms with Crippen LogP contribution in [0.5, 0.6) is 0 Å². The minimum absolute atomic E-state index is 0.0817. The molecule has 0 atom stereocenters. The van der Waals surface area contributed by atoms with Crippen LogP contribution in [0.1, 0.15) is 45.9 Å². The van der Waals surface area contributed by atoms with Crippen LogP contribution in [0.3, 0.4) is 0 Å². The molecule has 1 aliphatic rings. The number of likely N-dealkylation sites (tertiary alicyclic amines) is 1. The zero-order valence-electron chi connectivity index (χ0n) is 19.3. The first-order valence-electron chi connectivity index (χ1n) is 10.8. The van der Waals surface area contributed by atoms with E-state index in [1.807, 2.05) is 20.8 Å². The Morgan fingerprint density at radius 1 is 1.27 bits per heavy atom. The van der Waals surface area contributed by atoms with E-state index in [1.165, 1.54) is 12.1 Å². The molecule has 182 valence electrons. The Bertz CT molecular complexity index is 1070. The number of nitrogens with zero attached hydrogens (tertiary/aromatic N) is 3. The van der Waals surface area contributed by atoms with Crippen LogP contribution in [-0.4, -0.2) is 67.2 Å². The molecule has 0 bridgehead atoms. The molecule has 0 radical (unpaired) electrons. The number of carbonyl (C=O) groups excluding carboxylic acids is 1. The number of piperidine rings is 1. The van der Waals surface area contributed by atoms with E-state index in [4.69, 9.17) is 14.0 Å². The molecule has 3 rings (SSSR count). The van der Waals surface area contributed by atoms with E-state index < -0.39 is 21.3 Å². The summed E-state index contributed by atoms with van der Waals surface area (Å²) in [4.78, 5) is 17.7. The van der Waals surface area contributed by atoms with E-state index >= 15 is 0 Å². The standard InChI is InChI=1S/C22H30FN3O6S/c1-22(2,3)31-21(27)26-11-9-16(10-12-26)30-13-5-6-19-24-20(25-32-19)15-7-8-18(17(23)14-15)33(4,28)29/h7-8,14,16H,5-6,9-13H2,1-4H3. The number of ether oxygens (including phenoxy) is 2. The van der Waals surface area contributed by atoms with Crippen LogP contribution in [0.2, 0.25) is 0 Å². The molecule has 0 saturated carbocycles. The number of hydrogen-bond acceptors (Lipinski definition) is 8. The molecule has 1 saturated heterocycles. The smallest absolute Gasteiger partial charge is 0.410 e. The highest BCUT2D eigenvalue weighted by Crippen LogP contribution is 2.23. The van der Waals surface area contributed by atoms with Gasteiger partial charge in [-0.1, -0.05) is 5.16 Å². The van der Waals surface area contributed by atoms with Crippen molar-refractivity contribution in [3.05, 3.63) is 29.9 Å². The van der Waals surface area contributed by atoms with Gasteiger partial charge < -0.3 is 18.9 Å². The molecule has 11 heteroatoms. The molecule has 1 aliphatic heterocycles. The predicted octanol–water partition coefficient (Wildman–Crippen LogP) is 3.63. The Morgan fingerprint density at radius 3 is 2.58 bits per heavy atom. The van der Waals surface area contributed by atoms with Gasteiger partial charge in [-0.3, -0.25) is 0 Å². The quantitative estimate of drug-likeness (QED) is 0.549. The maximum atomic E-state index is 14.1. The fraction of sp³-hybridized carbons (Fsp3) is 0.591. The van der Waals surface area contributed by atoms with Crippen molar-refractivity contribution in [2.45, 2.75) is 63.1 Å². The van der Waals surface area contributed by atoms with Crippen molar-refractivity contribution >= 4 is 15.9 Å². The summed E-state index contributed by atoms with van der Waals surface area (Å²) in [5.74, 6) is -0.271. The molecule has 9 nitrogen and oxygen atoms in total. The fourth-order valence-corrected chi connectivity index (χ4v) is 4.15. The van der Waals surface area contributed by atoms with Crippen molar-refractivity contribution in [1.82, 2.24) is 15.0 Å². The van der Waals surface area contributed by atoms with E-state index in [0.29, 0.717) is 44.0 Å². The van der Waals surface area contributed by atoms with Crippen LogP contribution in [0, 0.1) is 5.82 Å². The van der Waals surface area contributed by atoms with E-state index in [2.05, 4.69) is 10.1 Å². The Balaban J connectivity index is 1.41. The first-order valence-corrected chi connectivity index (χ1v) is 12.7. The third-order valence-electron chi connectivity index (χ3n) is 5.04. The zero-order valence-corrected chi connectivity index (χ0v) is 20.2. The summed E-state index contributed by atoms with van der Waals surface area (Å²) in [6, 6.07) is 3.72. The first-order chi connectivity index (χ1) is 15.4. The average molecular weight is 484 g/mol. The summed E-state index contributed by atoms with van der Waals surface area (Å²) in [6.45, 7) is 7.25. The maximum absolute atomic E-state index is 14.1. The van der Waals surface area contributed by atoms with Crippen LogP contribution in [0.15, 0.2) is 27.6 Å². The topological polar surface area (TPSA) is 112 Å². The maximum Gasteiger partial charge on any atom is 0.410 e. The largest absolute Gasteiger partial charge is 0.444 e. The van der Waals surface area contributed by atoms with Gasteiger partial charge in [-0.2, -0.15) is 4.98 Å². The van der Waals surface area contributed by atoms with Crippen molar-refractivity contribution in [2.75, 3.05) is 26.0 Å². The predicted molar refractivity (Wildman–Crippen MR) is 118 cm³/mol. The third kappa shape index (κ3) is 7.23. The van der Waals surface area contributed by atoms with Gasteiger partial charge in [0.15, 0.2) is 9.84 Å². The molecule has 1 fully saturated rings. The van der Waals surface area contributed by atoms with Crippen molar-refractivity contribution < 1.29 is 31.6 Å². The second-order valence-corrected chi connectivity index (χ2v) is 11.1. The van der Waals surface area contributed by atoms with Gasteiger partial charge >= 0.3 is 6.09 Å². The SMILES string of the molecule is CC(C)(C)OC(=O)N1CCC(OCCCc2nc(-c3ccc(S(C)(=O)=O)c(F)c3)no2)CC1. The molecule has 2 aromatic rings. The van der Waals surface area contributed by atoms with E-state index in [-0.39, 0.29) is 22.9 Å². The monoisotopic (exact) mass is 483 g/mol. The van der Waals surface area contributed by atoms with E-state index in [1.54, 1.807) is 4.90 Å². The molecule has 0 spiro atoms. The van der Waals surface area contributed by atoms with Crippen LogP contribution >= 0.6 is 0 Å². The number of amides is 1. The Kier molecular flexibility index (Phi) is 7.73. The summed E-state index contributed by atoms with van der Waals surface area (Å²) in [5.41, 5.74) is -0.171. The van der Waals surface area contributed by atoms with Gasteiger partial charge in [0.1, 0.15) is 16.3 Å². The number of hydrogen-bond donors (Lipinski definition) is 0. The number of aromatic nitrogens is 2. The molecule has 1 aromatic carbocycles. The summed E-state index contributed by atoms with van der Waals surface area (Å²) in [5, 5.41) is 3.85. The van der Waals surface area contributed by atoms with Gasteiger partial charge in [-0.15, -0.1) is 0 Å². The molecular formula is C22H30FN3O6S. The lowest BCUT2D eigenvalue weighted by Gasteiger charge is -2.33. The molecule has 1 amide bonds. The van der Waals surface area contributed by atoms with Crippen molar-refractivity contribution in [1.29, 1.82) is 0 Å². The average Bonchev–Trinajstić information content (AvgIpc) is 3.18. The lowest BCUT2D eigenvalue weighted by Crippen LogP contribution is -2.43. The highest BCUT2D eigenvalue weighted by molar-refractivity contribution is 7.90. The molecule has 0 N–H and O–H groups in total. The number of carbonyl (C=O) groups is 1. The number of sulfone groups is 1. The van der Waals surface area contributed by atoms with Gasteiger partial charge in [0.05, 0.1) is 6.10 Å². The first kappa shape index (κ1) is 25.1. The van der Waals surface area contributed by atoms with Crippen LogP contribution in [0.4, 0.5) is 9.18 Å². The molecule has 0 aliphatic carbocycles. The highest BCUT2D eigenvalue weighted by atomic mass is 32.2. The zero-order chi connectivity index (χ0) is 24.2. The third-order valence-corrected chi connectivity index (χ3v) is 6.17. The highest BCUT2D eigenvalue weighted by Gasteiger charge is 2.27. The summed E-state index contributed by atoms with van der Waals surface area (Å²) in [7, 11) is -3.65. The second kappa shape index (κ2) is 10.2. The molecule has 2 heterocycles. The fourth-order valence-electron chi connectivity index (χ4n) is 3.42. The molecule has 1 aromatic heterocycles. The van der Waals surface area contributed by atoms with Gasteiger partial charge in [0, 0.05) is 37.9 Å². The van der Waals surface area contributed by atoms with Crippen LogP contribution in [0.25, 0.3) is 11.4 Å². The molecule has 0 unspecified atom stereocenters. The lowest BCUT2D eigenvalue weighted by molar-refractivity contribution is -0.0120. The number of aryl methyl sites for hydroxylation is 1. The summed E-state index contributed by atoms with van der Waals surface area (Å²) in [6.07, 6.45) is 3.39. The van der Waals surface area contributed by atoms with Crippen LogP contribution in [-0.2, 0) is 25.7 Å². The normalized spacial score (nSPS) is 15.6. The van der Waals surface area contributed by atoms with Crippen molar-refractivity contribution in [3.8, 4) is 11.4 Å². The number of rotatable bonds is 7. The number of benzene rings is 1. The van der Waals surface area contributed by atoms with E-state index in [9.17, 15) is 17.6 Å². The second-order valence-electron chi connectivity index (χ2n) is 9.07. The summed E-state index contributed by atoms with van der Waals surface area (Å²) < 4.78 is 53.7. The lowest BCUT2D eigenvalue weighted by atomic mass is 10.1. The van der Waals surface area contributed by atoms with Gasteiger partial charge in [-0.25, -0.2) is 17.6 Å². The molecular weight excluding hydrogens is 453 g/mol. The van der Waals surface area contributed by atoms with Gasteiger partial charge in [0.25, 0.3) is 0 Å².